The molecule has 4 unspecified atom stereocenters. The highest BCUT2D eigenvalue weighted by atomic mass is 35.5. The van der Waals surface area contributed by atoms with Gasteiger partial charge in [-0.1, -0.05) is 55.8 Å². The van der Waals surface area contributed by atoms with Crippen LogP contribution in [0.5, 0.6) is 5.75 Å². The second-order valence-electron chi connectivity index (χ2n) is 7.68. The monoisotopic (exact) mass is 449 g/mol. The van der Waals surface area contributed by atoms with Crippen molar-refractivity contribution >= 4 is 22.6 Å². The van der Waals surface area contributed by atoms with Crippen molar-refractivity contribution in [3.05, 3.63) is 64.7 Å². The van der Waals surface area contributed by atoms with Gasteiger partial charge in [0.25, 0.3) is 0 Å². The predicted octanol–water partition coefficient (Wildman–Crippen LogP) is 5.92. The van der Waals surface area contributed by atoms with Crippen molar-refractivity contribution < 1.29 is 13.7 Å². The SMILES string of the molecule is CCC(OC)C(CC)Oc1cccc(CS(=O)N2CCCC2c2ccccc2Cl)c1. The Balaban J connectivity index is 1.69. The van der Waals surface area contributed by atoms with Gasteiger partial charge in [0.2, 0.25) is 0 Å². The Morgan fingerprint density at radius 1 is 1.13 bits per heavy atom. The summed E-state index contributed by atoms with van der Waals surface area (Å²) in [6.45, 7) is 5.03. The minimum Gasteiger partial charge on any atom is -0.488 e. The van der Waals surface area contributed by atoms with Crippen LogP contribution in [0.4, 0.5) is 0 Å². The predicted molar refractivity (Wildman–Crippen MR) is 124 cm³/mol. The quantitative estimate of drug-likeness (QED) is 0.451. The molecule has 4 nitrogen and oxygen atoms in total. The molecule has 1 fully saturated rings. The largest absolute Gasteiger partial charge is 0.488 e. The third-order valence-corrected chi connectivity index (χ3v) is 7.61. The third kappa shape index (κ3) is 5.64. The fraction of sp³-hybridized carbons (Fsp3) is 0.500. The lowest BCUT2D eigenvalue weighted by atomic mass is 10.1. The summed E-state index contributed by atoms with van der Waals surface area (Å²) in [6.07, 6.45) is 3.84. The number of hydrogen-bond donors (Lipinski definition) is 0. The minimum absolute atomic E-state index is 0.00364. The molecular formula is C24H32ClNO3S. The van der Waals surface area contributed by atoms with Gasteiger partial charge >= 0.3 is 0 Å². The fourth-order valence-electron chi connectivity index (χ4n) is 4.15. The number of methoxy groups -OCH3 is 1. The highest BCUT2D eigenvalue weighted by molar-refractivity contribution is 7.81. The van der Waals surface area contributed by atoms with Crippen LogP contribution in [0.1, 0.15) is 56.7 Å². The molecular weight excluding hydrogens is 418 g/mol. The first-order valence-corrected chi connectivity index (χ1v) is 12.4. The number of nitrogens with zero attached hydrogens (tertiary/aromatic N) is 1. The van der Waals surface area contributed by atoms with E-state index in [1.54, 1.807) is 7.11 Å². The maximum atomic E-state index is 13.2. The summed E-state index contributed by atoms with van der Waals surface area (Å²) in [5.41, 5.74) is 2.08. The lowest BCUT2D eigenvalue weighted by molar-refractivity contribution is -0.00154. The maximum Gasteiger partial charge on any atom is 0.124 e. The average molecular weight is 450 g/mol. The van der Waals surface area contributed by atoms with E-state index in [0.717, 1.165) is 54.1 Å². The Morgan fingerprint density at radius 3 is 2.60 bits per heavy atom. The van der Waals surface area contributed by atoms with Gasteiger partial charge in [-0.05, 0) is 55.0 Å². The van der Waals surface area contributed by atoms with Crippen molar-refractivity contribution in [2.75, 3.05) is 13.7 Å². The first-order valence-electron chi connectivity index (χ1n) is 10.7. The number of ether oxygens (including phenoxy) is 2. The van der Waals surface area contributed by atoms with Crippen LogP contribution in [0.15, 0.2) is 48.5 Å². The third-order valence-electron chi connectivity index (χ3n) is 5.73. The number of hydrogen-bond acceptors (Lipinski definition) is 3. The minimum atomic E-state index is -1.13. The normalized spacial score (nSPS) is 20.1. The average Bonchev–Trinajstić information content (AvgIpc) is 3.24. The molecule has 0 aliphatic carbocycles. The van der Waals surface area contributed by atoms with Crippen molar-refractivity contribution in [1.29, 1.82) is 0 Å². The molecule has 1 aliphatic heterocycles. The Hall–Kier alpha value is -1.40. The van der Waals surface area contributed by atoms with Crippen molar-refractivity contribution in [3.8, 4) is 5.75 Å². The zero-order chi connectivity index (χ0) is 21.5. The van der Waals surface area contributed by atoms with E-state index in [4.69, 9.17) is 21.1 Å². The Labute approximate surface area is 188 Å². The smallest absolute Gasteiger partial charge is 0.124 e. The molecule has 164 valence electrons. The first-order chi connectivity index (χ1) is 14.6. The van der Waals surface area contributed by atoms with E-state index < -0.39 is 11.0 Å². The lowest BCUT2D eigenvalue weighted by Crippen LogP contribution is -2.32. The summed E-state index contributed by atoms with van der Waals surface area (Å²) in [4.78, 5) is 0. The molecule has 0 bridgehead atoms. The summed E-state index contributed by atoms with van der Waals surface area (Å²) in [6, 6.07) is 15.9. The van der Waals surface area contributed by atoms with Crippen molar-refractivity contribution in [2.45, 2.75) is 63.5 Å². The van der Waals surface area contributed by atoms with Gasteiger partial charge in [0.15, 0.2) is 0 Å². The highest BCUT2D eigenvalue weighted by Gasteiger charge is 2.31. The topological polar surface area (TPSA) is 38.8 Å². The van der Waals surface area contributed by atoms with Gasteiger partial charge in [0.1, 0.15) is 11.9 Å². The molecule has 3 rings (SSSR count). The van der Waals surface area contributed by atoms with Crippen LogP contribution in [-0.4, -0.2) is 34.4 Å². The molecule has 1 saturated heterocycles. The van der Waals surface area contributed by atoms with Crippen LogP contribution in [-0.2, 0) is 21.5 Å². The van der Waals surface area contributed by atoms with E-state index >= 15 is 0 Å². The Kier molecular flexibility index (Phi) is 8.75. The molecule has 1 heterocycles. The van der Waals surface area contributed by atoms with E-state index in [9.17, 15) is 4.21 Å². The van der Waals surface area contributed by atoms with Gasteiger partial charge in [0.05, 0.1) is 22.8 Å². The fourth-order valence-corrected chi connectivity index (χ4v) is 5.88. The second kappa shape index (κ2) is 11.3. The second-order valence-corrected chi connectivity index (χ2v) is 9.49. The Bertz CT molecular complexity index is 843. The molecule has 2 aromatic rings. The molecule has 0 N–H and O–H groups in total. The lowest BCUT2D eigenvalue weighted by Gasteiger charge is -2.26. The molecule has 0 spiro atoms. The molecule has 2 aromatic carbocycles. The summed E-state index contributed by atoms with van der Waals surface area (Å²) >= 11 is 6.41. The van der Waals surface area contributed by atoms with Crippen LogP contribution in [0.25, 0.3) is 0 Å². The standard InChI is InChI=1S/C24H32ClNO3S/c1-4-23(28-3)24(5-2)29-19-11-8-10-18(16-19)17-30(27)26-15-9-14-22(26)20-12-6-7-13-21(20)25/h6-8,10-13,16,22-24H,4-5,9,14-15,17H2,1-3H3. The van der Waals surface area contributed by atoms with Gasteiger partial charge in [-0.15, -0.1) is 0 Å². The molecule has 0 aromatic heterocycles. The molecule has 1 aliphatic rings. The van der Waals surface area contributed by atoms with Crippen LogP contribution < -0.4 is 4.74 Å². The summed E-state index contributed by atoms with van der Waals surface area (Å²) < 4.78 is 27.1. The van der Waals surface area contributed by atoms with E-state index in [1.807, 2.05) is 48.5 Å². The van der Waals surface area contributed by atoms with Crippen LogP contribution in [0.3, 0.4) is 0 Å². The molecule has 6 heteroatoms. The Morgan fingerprint density at radius 2 is 1.90 bits per heavy atom. The van der Waals surface area contributed by atoms with Gasteiger partial charge in [-0.25, -0.2) is 8.51 Å². The summed E-state index contributed by atoms with van der Waals surface area (Å²) in [5.74, 6) is 1.27. The molecule has 30 heavy (non-hydrogen) atoms. The summed E-state index contributed by atoms with van der Waals surface area (Å²) in [5, 5.41) is 0.746. The van der Waals surface area contributed by atoms with E-state index in [1.165, 1.54) is 0 Å². The number of rotatable bonds is 10. The zero-order valence-corrected chi connectivity index (χ0v) is 19.6. The van der Waals surface area contributed by atoms with Crippen LogP contribution in [0, 0.1) is 0 Å². The van der Waals surface area contributed by atoms with Crippen molar-refractivity contribution in [2.24, 2.45) is 0 Å². The highest BCUT2D eigenvalue weighted by Crippen LogP contribution is 2.37. The maximum absolute atomic E-state index is 13.2. The van der Waals surface area contributed by atoms with E-state index in [-0.39, 0.29) is 18.2 Å². The summed E-state index contributed by atoms with van der Waals surface area (Å²) in [7, 11) is 0.602. The van der Waals surface area contributed by atoms with E-state index in [2.05, 4.69) is 18.2 Å². The zero-order valence-electron chi connectivity index (χ0n) is 18.1. The number of benzene rings is 2. The molecule has 0 radical (unpaired) electrons. The van der Waals surface area contributed by atoms with Crippen molar-refractivity contribution in [3.63, 3.8) is 0 Å². The van der Waals surface area contributed by atoms with Gasteiger partial charge in [-0.3, -0.25) is 0 Å². The van der Waals surface area contributed by atoms with Crippen LogP contribution >= 0.6 is 11.6 Å². The first kappa shape index (κ1) is 23.3. The van der Waals surface area contributed by atoms with Gasteiger partial charge < -0.3 is 9.47 Å². The van der Waals surface area contributed by atoms with Crippen molar-refractivity contribution in [1.82, 2.24) is 4.31 Å². The van der Waals surface area contributed by atoms with E-state index in [0.29, 0.717) is 5.75 Å². The van der Waals surface area contributed by atoms with Gasteiger partial charge in [-0.2, -0.15) is 0 Å². The molecule has 4 atom stereocenters. The van der Waals surface area contributed by atoms with Crippen LogP contribution in [0.2, 0.25) is 5.02 Å². The van der Waals surface area contributed by atoms with Gasteiger partial charge in [0, 0.05) is 24.7 Å². The number of halogens is 1. The molecule has 0 saturated carbocycles. The molecule has 0 amide bonds.